The molecule has 6 nitrogen and oxygen atoms in total. The predicted octanol–water partition coefficient (Wildman–Crippen LogP) is 4.74. The van der Waals surface area contributed by atoms with Crippen LogP contribution in [-0.2, 0) is 9.59 Å². The summed E-state index contributed by atoms with van der Waals surface area (Å²) in [7, 11) is 0. The molecular formula is C20H13F2N3O3S3. The largest absolute Gasteiger partial charge is 0.434 e. The van der Waals surface area contributed by atoms with Gasteiger partial charge >= 0.3 is 6.61 Å². The van der Waals surface area contributed by atoms with E-state index in [0.717, 1.165) is 26.9 Å². The zero-order valence-electron chi connectivity index (χ0n) is 15.6. The average molecular weight is 478 g/mol. The third kappa shape index (κ3) is 4.89. The second-order valence-electron chi connectivity index (χ2n) is 6.22. The fraction of sp³-hybridized carbons (Fsp3) is 0.100. The van der Waals surface area contributed by atoms with Gasteiger partial charge in [0.15, 0.2) is 5.13 Å². The zero-order valence-corrected chi connectivity index (χ0v) is 18.0. The van der Waals surface area contributed by atoms with Gasteiger partial charge in [0.25, 0.3) is 5.91 Å². The number of anilines is 1. The SMILES string of the molecule is O=C(CN1C(=O)/C(=C/c2ccccc2OC(F)F)SC1=S)Nc1nc2ccccc2s1. The highest BCUT2D eigenvalue weighted by Gasteiger charge is 2.33. The third-order valence-electron chi connectivity index (χ3n) is 4.14. The lowest BCUT2D eigenvalue weighted by atomic mass is 10.2. The van der Waals surface area contributed by atoms with Crippen molar-refractivity contribution < 1.29 is 23.1 Å². The summed E-state index contributed by atoms with van der Waals surface area (Å²) in [5, 5.41) is 3.10. The maximum Gasteiger partial charge on any atom is 0.387 e. The molecule has 158 valence electrons. The molecule has 2 aromatic carbocycles. The lowest BCUT2D eigenvalue weighted by molar-refractivity contribution is -0.126. The van der Waals surface area contributed by atoms with Gasteiger partial charge in [-0.05, 0) is 24.3 Å². The van der Waals surface area contributed by atoms with Crippen LogP contribution in [0.2, 0.25) is 0 Å². The maximum atomic E-state index is 12.7. The van der Waals surface area contributed by atoms with Crippen LogP contribution in [0.5, 0.6) is 5.75 Å². The predicted molar refractivity (Wildman–Crippen MR) is 121 cm³/mol. The van der Waals surface area contributed by atoms with Crippen molar-refractivity contribution in [2.24, 2.45) is 0 Å². The van der Waals surface area contributed by atoms with Crippen LogP contribution < -0.4 is 10.1 Å². The maximum absolute atomic E-state index is 12.7. The second kappa shape index (κ2) is 9.08. The number of thioether (sulfide) groups is 1. The lowest BCUT2D eigenvalue weighted by Gasteiger charge is -2.13. The molecule has 1 aliphatic rings. The molecule has 1 aromatic heterocycles. The van der Waals surface area contributed by atoms with Crippen molar-refractivity contribution in [3.63, 3.8) is 0 Å². The molecule has 2 heterocycles. The van der Waals surface area contributed by atoms with E-state index in [1.807, 2.05) is 24.3 Å². The normalized spacial score (nSPS) is 15.3. The average Bonchev–Trinajstić information content (AvgIpc) is 3.24. The molecule has 11 heteroatoms. The summed E-state index contributed by atoms with van der Waals surface area (Å²) in [5.41, 5.74) is 1.07. The molecule has 0 saturated carbocycles. The Morgan fingerprint density at radius 1 is 1.23 bits per heavy atom. The van der Waals surface area contributed by atoms with Crippen LogP contribution in [0.4, 0.5) is 13.9 Å². The Bertz CT molecular complexity index is 1180. The van der Waals surface area contributed by atoms with Crippen molar-refractivity contribution in [3.05, 3.63) is 59.0 Å². The van der Waals surface area contributed by atoms with Gasteiger partial charge < -0.3 is 10.1 Å². The highest BCUT2D eigenvalue weighted by atomic mass is 32.2. The van der Waals surface area contributed by atoms with Gasteiger partial charge in [-0.1, -0.05) is 65.6 Å². The summed E-state index contributed by atoms with van der Waals surface area (Å²) in [6.07, 6.45) is 1.42. The van der Waals surface area contributed by atoms with Crippen LogP contribution in [0.15, 0.2) is 53.4 Å². The molecule has 1 saturated heterocycles. The number of halogens is 2. The number of fused-ring (bicyclic) bond motifs is 1. The van der Waals surface area contributed by atoms with E-state index in [0.29, 0.717) is 10.7 Å². The molecule has 2 amide bonds. The standard InChI is InChI=1S/C20H13F2N3O3S3/c21-18(22)28-13-7-3-1-5-11(13)9-15-17(27)25(20(29)31-15)10-16(26)24-19-23-12-6-2-4-8-14(12)30-19/h1-9,18H,10H2,(H,23,24,26)/b15-9-. The van der Waals surface area contributed by atoms with Crippen molar-refractivity contribution in [3.8, 4) is 5.75 Å². The molecular weight excluding hydrogens is 464 g/mol. The number of thiocarbonyl (C=S) groups is 1. The monoisotopic (exact) mass is 477 g/mol. The zero-order chi connectivity index (χ0) is 22.0. The number of rotatable bonds is 6. The highest BCUT2D eigenvalue weighted by Crippen LogP contribution is 2.34. The van der Waals surface area contributed by atoms with Crippen LogP contribution in [0.3, 0.4) is 0 Å². The molecule has 1 N–H and O–H groups in total. The van der Waals surface area contributed by atoms with Crippen LogP contribution in [0.25, 0.3) is 16.3 Å². The number of thiazole rings is 1. The van der Waals surface area contributed by atoms with E-state index in [-0.39, 0.29) is 21.5 Å². The number of benzene rings is 2. The third-order valence-corrected chi connectivity index (χ3v) is 6.47. The molecule has 4 rings (SSSR count). The van der Waals surface area contributed by atoms with Gasteiger partial charge in [0.1, 0.15) is 16.6 Å². The van der Waals surface area contributed by atoms with Gasteiger partial charge in [-0.3, -0.25) is 14.5 Å². The molecule has 0 atom stereocenters. The Morgan fingerprint density at radius 2 is 1.97 bits per heavy atom. The number of amides is 2. The first-order chi connectivity index (χ1) is 14.9. The number of aromatic nitrogens is 1. The van der Waals surface area contributed by atoms with Crippen molar-refractivity contribution in [2.75, 3.05) is 11.9 Å². The summed E-state index contributed by atoms with van der Waals surface area (Å²) in [4.78, 5) is 30.9. The number of nitrogens with zero attached hydrogens (tertiary/aromatic N) is 2. The Labute approximate surface area is 188 Å². The van der Waals surface area contributed by atoms with Gasteiger partial charge in [-0.15, -0.1) is 0 Å². The number of hydrogen-bond acceptors (Lipinski definition) is 7. The minimum Gasteiger partial charge on any atom is -0.434 e. The Kier molecular flexibility index (Phi) is 6.25. The van der Waals surface area contributed by atoms with E-state index in [1.165, 1.54) is 23.5 Å². The van der Waals surface area contributed by atoms with Crippen LogP contribution in [-0.4, -0.2) is 39.2 Å². The summed E-state index contributed by atoms with van der Waals surface area (Å²) in [5.74, 6) is -0.990. The Hall–Kier alpha value is -2.89. The van der Waals surface area contributed by atoms with E-state index in [9.17, 15) is 18.4 Å². The number of hydrogen-bond donors (Lipinski definition) is 1. The van der Waals surface area contributed by atoms with Crippen molar-refractivity contribution >= 4 is 72.9 Å². The Morgan fingerprint density at radius 3 is 2.74 bits per heavy atom. The minimum atomic E-state index is -2.99. The van der Waals surface area contributed by atoms with Crippen LogP contribution >= 0.6 is 35.3 Å². The van der Waals surface area contributed by atoms with Gasteiger partial charge in [-0.25, -0.2) is 4.98 Å². The van der Waals surface area contributed by atoms with Gasteiger partial charge in [-0.2, -0.15) is 8.78 Å². The molecule has 1 aliphatic heterocycles. The van der Waals surface area contributed by atoms with Crippen LogP contribution in [0.1, 0.15) is 5.56 Å². The number of nitrogens with one attached hydrogen (secondary N) is 1. The van der Waals surface area contributed by atoms with Crippen molar-refractivity contribution in [1.29, 1.82) is 0 Å². The molecule has 0 radical (unpaired) electrons. The fourth-order valence-electron chi connectivity index (χ4n) is 2.81. The highest BCUT2D eigenvalue weighted by molar-refractivity contribution is 8.26. The van der Waals surface area contributed by atoms with E-state index in [1.54, 1.807) is 18.2 Å². The van der Waals surface area contributed by atoms with Gasteiger partial charge in [0, 0.05) is 5.56 Å². The first kappa shape index (κ1) is 21.3. The first-order valence-electron chi connectivity index (χ1n) is 8.85. The summed E-state index contributed by atoms with van der Waals surface area (Å²) >= 11 is 7.54. The van der Waals surface area contributed by atoms with Crippen molar-refractivity contribution in [1.82, 2.24) is 9.88 Å². The topological polar surface area (TPSA) is 71.5 Å². The summed E-state index contributed by atoms with van der Waals surface area (Å²) in [6, 6.07) is 13.6. The molecule has 1 fully saturated rings. The number of carbonyl (C=O) groups excluding carboxylic acids is 2. The number of para-hydroxylation sites is 2. The fourth-order valence-corrected chi connectivity index (χ4v) is 4.94. The van der Waals surface area contributed by atoms with E-state index in [2.05, 4.69) is 15.0 Å². The number of ether oxygens (including phenoxy) is 1. The van der Waals surface area contributed by atoms with Crippen LogP contribution in [0, 0.1) is 0 Å². The summed E-state index contributed by atoms with van der Waals surface area (Å²) in [6.45, 7) is -3.28. The molecule has 0 aliphatic carbocycles. The van der Waals surface area contributed by atoms with Gasteiger partial charge in [0.2, 0.25) is 5.91 Å². The second-order valence-corrected chi connectivity index (χ2v) is 8.93. The van der Waals surface area contributed by atoms with E-state index < -0.39 is 18.4 Å². The van der Waals surface area contributed by atoms with Gasteiger partial charge in [0.05, 0.1) is 15.1 Å². The lowest BCUT2D eigenvalue weighted by Crippen LogP contribution is -2.36. The number of alkyl halides is 2. The quantitative estimate of drug-likeness (QED) is 0.409. The first-order valence-corrected chi connectivity index (χ1v) is 10.9. The van der Waals surface area contributed by atoms with E-state index in [4.69, 9.17) is 12.2 Å². The minimum absolute atomic E-state index is 0.0589. The summed E-state index contributed by atoms with van der Waals surface area (Å²) < 4.78 is 30.8. The Balaban J connectivity index is 1.47. The van der Waals surface area contributed by atoms with Crippen molar-refractivity contribution in [2.45, 2.75) is 6.61 Å². The molecule has 0 unspecified atom stereocenters. The molecule has 0 bridgehead atoms. The molecule has 0 spiro atoms. The molecule has 31 heavy (non-hydrogen) atoms. The number of carbonyl (C=O) groups is 2. The smallest absolute Gasteiger partial charge is 0.387 e. The van der Waals surface area contributed by atoms with E-state index >= 15 is 0 Å². The molecule has 3 aromatic rings.